The summed E-state index contributed by atoms with van der Waals surface area (Å²) in [6.07, 6.45) is 3.07. The molecule has 2 aromatic heterocycles. The van der Waals surface area contributed by atoms with E-state index in [0.717, 1.165) is 18.8 Å². The highest BCUT2D eigenvalue weighted by Gasteiger charge is 2.25. The lowest BCUT2D eigenvalue weighted by atomic mass is 10.1. The first-order valence-corrected chi connectivity index (χ1v) is 8.55. The molecule has 0 radical (unpaired) electrons. The molecule has 4 rings (SSSR count). The number of hydrogen-bond acceptors (Lipinski definition) is 5. The Morgan fingerprint density at radius 1 is 1.00 bits per heavy atom. The Balaban J connectivity index is 1.59. The zero-order valence-electron chi connectivity index (χ0n) is 14.5. The van der Waals surface area contributed by atoms with E-state index >= 15 is 0 Å². The van der Waals surface area contributed by atoms with Crippen molar-refractivity contribution in [1.29, 1.82) is 0 Å². The Labute approximate surface area is 150 Å². The molecule has 0 spiro atoms. The number of pyridine rings is 1. The first kappa shape index (κ1) is 16.3. The van der Waals surface area contributed by atoms with E-state index in [0.29, 0.717) is 29.6 Å². The van der Waals surface area contributed by atoms with Crippen LogP contribution in [0, 0.1) is 0 Å². The van der Waals surface area contributed by atoms with Crippen molar-refractivity contribution in [2.24, 2.45) is 7.05 Å². The van der Waals surface area contributed by atoms with Crippen LogP contribution >= 0.6 is 0 Å². The van der Waals surface area contributed by atoms with Crippen molar-refractivity contribution in [2.45, 2.75) is 0 Å². The summed E-state index contributed by atoms with van der Waals surface area (Å²) in [4.78, 5) is 33.3. The molecule has 1 aromatic carbocycles. The van der Waals surface area contributed by atoms with E-state index in [1.807, 2.05) is 18.2 Å². The molecular formula is C19H19N5O2. The Kier molecular flexibility index (Phi) is 4.12. The summed E-state index contributed by atoms with van der Waals surface area (Å²) in [5.41, 5.74) is 1.22. The predicted octanol–water partition coefficient (Wildman–Crippen LogP) is 1.29. The van der Waals surface area contributed by atoms with Gasteiger partial charge in [0, 0.05) is 56.7 Å². The average Bonchev–Trinajstić information content (AvgIpc) is 2.71. The number of carbonyl (C=O) groups is 1. The van der Waals surface area contributed by atoms with Crippen LogP contribution in [0.2, 0.25) is 0 Å². The zero-order valence-corrected chi connectivity index (χ0v) is 14.5. The summed E-state index contributed by atoms with van der Waals surface area (Å²) in [5.74, 6) is -0.149. The van der Waals surface area contributed by atoms with Crippen LogP contribution in [0.3, 0.4) is 0 Å². The molecule has 1 amide bonds. The van der Waals surface area contributed by atoms with Crippen molar-refractivity contribution in [2.75, 3.05) is 31.1 Å². The summed E-state index contributed by atoms with van der Waals surface area (Å²) in [6.45, 7) is 2.76. The molecule has 3 heterocycles. The second-order valence-electron chi connectivity index (χ2n) is 6.31. The Morgan fingerprint density at radius 2 is 1.73 bits per heavy atom. The highest BCUT2D eigenvalue weighted by molar-refractivity contribution is 6.04. The van der Waals surface area contributed by atoms with E-state index in [1.165, 1.54) is 10.9 Å². The van der Waals surface area contributed by atoms with Crippen LogP contribution in [0.25, 0.3) is 10.8 Å². The van der Waals surface area contributed by atoms with Gasteiger partial charge in [0.25, 0.3) is 11.5 Å². The van der Waals surface area contributed by atoms with Crippen LogP contribution in [-0.4, -0.2) is 51.8 Å². The summed E-state index contributed by atoms with van der Waals surface area (Å²) in [5, 5.41) is 5.19. The van der Waals surface area contributed by atoms with Gasteiger partial charge in [0.15, 0.2) is 5.69 Å². The molecule has 132 valence electrons. The lowest BCUT2D eigenvalue weighted by Gasteiger charge is -2.36. The molecule has 7 heteroatoms. The smallest absolute Gasteiger partial charge is 0.275 e. The highest BCUT2D eigenvalue weighted by atomic mass is 16.2. The van der Waals surface area contributed by atoms with Gasteiger partial charge >= 0.3 is 0 Å². The molecule has 3 aromatic rings. The van der Waals surface area contributed by atoms with Crippen LogP contribution in [0.1, 0.15) is 10.5 Å². The Hall–Kier alpha value is -3.22. The third kappa shape index (κ3) is 2.81. The van der Waals surface area contributed by atoms with Crippen LogP contribution < -0.4 is 10.5 Å². The summed E-state index contributed by atoms with van der Waals surface area (Å²) >= 11 is 0. The molecule has 0 N–H and O–H groups in total. The SMILES string of the molecule is Cn1nc(C(=O)N2CCN(c3ccccc3)CC2)c2ccncc2c1=O. The molecule has 0 atom stereocenters. The fourth-order valence-electron chi connectivity index (χ4n) is 3.31. The quantitative estimate of drug-likeness (QED) is 0.697. The number of nitrogens with zero attached hydrogens (tertiary/aromatic N) is 5. The van der Waals surface area contributed by atoms with E-state index in [9.17, 15) is 9.59 Å². The molecule has 0 bridgehead atoms. The van der Waals surface area contributed by atoms with Gasteiger partial charge in [-0.3, -0.25) is 14.6 Å². The van der Waals surface area contributed by atoms with Gasteiger partial charge in [0.2, 0.25) is 0 Å². The minimum Gasteiger partial charge on any atom is -0.368 e. The maximum atomic E-state index is 13.0. The van der Waals surface area contributed by atoms with E-state index in [4.69, 9.17) is 0 Å². The number of hydrogen-bond donors (Lipinski definition) is 0. The van der Waals surface area contributed by atoms with Gasteiger partial charge in [-0.1, -0.05) is 18.2 Å². The van der Waals surface area contributed by atoms with Crippen LogP contribution in [0.5, 0.6) is 0 Å². The second-order valence-corrected chi connectivity index (χ2v) is 6.31. The number of aryl methyl sites for hydroxylation is 1. The number of piperazine rings is 1. The summed E-state index contributed by atoms with van der Waals surface area (Å²) in [7, 11) is 1.55. The molecular weight excluding hydrogens is 330 g/mol. The van der Waals surface area contributed by atoms with E-state index in [2.05, 4.69) is 27.1 Å². The lowest BCUT2D eigenvalue weighted by Crippen LogP contribution is -2.49. The van der Waals surface area contributed by atoms with Crippen molar-refractivity contribution < 1.29 is 4.79 Å². The number of fused-ring (bicyclic) bond motifs is 1. The monoisotopic (exact) mass is 349 g/mol. The highest BCUT2D eigenvalue weighted by Crippen LogP contribution is 2.18. The van der Waals surface area contributed by atoms with E-state index < -0.39 is 0 Å². The van der Waals surface area contributed by atoms with Gasteiger partial charge in [-0.05, 0) is 18.2 Å². The Bertz CT molecular complexity index is 1010. The molecule has 7 nitrogen and oxygen atoms in total. The molecule has 1 fully saturated rings. The maximum absolute atomic E-state index is 13.0. The second kappa shape index (κ2) is 6.59. The topological polar surface area (TPSA) is 71.3 Å². The minimum atomic E-state index is -0.251. The number of para-hydroxylation sites is 1. The van der Waals surface area contributed by atoms with Gasteiger partial charge in [-0.15, -0.1) is 0 Å². The number of amides is 1. The summed E-state index contributed by atoms with van der Waals surface area (Å²) in [6, 6.07) is 11.9. The van der Waals surface area contributed by atoms with Crippen molar-refractivity contribution in [3.8, 4) is 0 Å². The average molecular weight is 349 g/mol. The van der Waals surface area contributed by atoms with Crippen molar-refractivity contribution in [3.63, 3.8) is 0 Å². The molecule has 1 aliphatic heterocycles. The van der Waals surface area contributed by atoms with Crippen LogP contribution in [0.4, 0.5) is 5.69 Å². The number of carbonyl (C=O) groups excluding carboxylic acids is 1. The largest absolute Gasteiger partial charge is 0.368 e. The molecule has 0 saturated carbocycles. The normalized spacial score (nSPS) is 14.7. The third-order valence-electron chi connectivity index (χ3n) is 4.74. The fraction of sp³-hybridized carbons (Fsp3) is 0.263. The molecule has 0 aliphatic carbocycles. The zero-order chi connectivity index (χ0) is 18.1. The van der Waals surface area contributed by atoms with Crippen LogP contribution in [-0.2, 0) is 7.05 Å². The van der Waals surface area contributed by atoms with E-state index in [1.54, 1.807) is 24.2 Å². The molecule has 1 saturated heterocycles. The lowest BCUT2D eigenvalue weighted by molar-refractivity contribution is 0.0740. The van der Waals surface area contributed by atoms with Gasteiger partial charge < -0.3 is 9.80 Å². The standard InChI is InChI=1S/C19H19N5O2/c1-22-18(25)16-13-20-8-7-15(16)17(21-22)19(26)24-11-9-23(10-12-24)14-5-3-2-4-6-14/h2-8,13H,9-12H2,1H3. The van der Waals surface area contributed by atoms with Gasteiger partial charge in [-0.25, -0.2) is 4.68 Å². The number of aromatic nitrogens is 3. The predicted molar refractivity (Wildman–Crippen MR) is 99.3 cm³/mol. The van der Waals surface area contributed by atoms with Gasteiger partial charge in [-0.2, -0.15) is 5.10 Å². The maximum Gasteiger partial charge on any atom is 0.275 e. The first-order valence-electron chi connectivity index (χ1n) is 8.55. The number of rotatable bonds is 2. The number of benzene rings is 1. The Morgan fingerprint density at radius 3 is 2.46 bits per heavy atom. The van der Waals surface area contributed by atoms with Gasteiger partial charge in [0.05, 0.1) is 5.39 Å². The van der Waals surface area contributed by atoms with Crippen LogP contribution in [0.15, 0.2) is 53.6 Å². The molecule has 26 heavy (non-hydrogen) atoms. The van der Waals surface area contributed by atoms with E-state index in [-0.39, 0.29) is 11.5 Å². The van der Waals surface area contributed by atoms with Crippen molar-refractivity contribution in [1.82, 2.24) is 19.7 Å². The van der Waals surface area contributed by atoms with Crippen molar-refractivity contribution >= 4 is 22.4 Å². The summed E-state index contributed by atoms with van der Waals surface area (Å²) < 4.78 is 1.21. The number of anilines is 1. The molecule has 1 aliphatic rings. The first-order chi connectivity index (χ1) is 12.6. The fourth-order valence-corrected chi connectivity index (χ4v) is 3.31. The van der Waals surface area contributed by atoms with Gasteiger partial charge in [0.1, 0.15) is 0 Å². The molecule has 0 unspecified atom stereocenters. The van der Waals surface area contributed by atoms with Crippen molar-refractivity contribution in [3.05, 3.63) is 64.8 Å². The minimum absolute atomic E-state index is 0.149. The third-order valence-corrected chi connectivity index (χ3v) is 4.74.